The number of rotatable bonds is 2. The second-order valence-corrected chi connectivity index (χ2v) is 5.26. The predicted molar refractivity (Wildman–Crippen MR) is 76.8 cm³/mol. The van der Waals surface area contributed by atoms with Crippen molar-refractivity contribution in [2.45, 2.75) is 19.4 Å². The number of hydrogen-bond donors (Lipinski definition) is 1. The Kier molecular flexibility index (Phi) is 3.21. The van der Waals surface area contributed by atoms with E-state index >= 15 is 0 Å². The van der Waals surface area contributed by atoms with Crippen LogP contribution in [-0.4, -0.2) is 17.8 Å². The lowest BCUT2D eigenvalue weighted by Gasteiger charge is -2.14. The van der Waals surface area contributed by atoms with E-state index in [1.54, 1.807) is 0 Å². The number of fused-ring (bicyclic) bond motifs is 1. The molecule has 0 bridgehead atoms. The van der Waals surface area contributed by atoms with Gasteiger partial charge in [-0.1, -0.05) is 41.9 Å². The van der Waals surface area contributed by atoms with Gasteiger partial charge in [0.05, 0.1) is 11.6 Å². The van der Waals surface area contributed by atoms with Crippen molar-refractivity contribution in [3.8, 4) is 16.9 Å². The molecule has 0 radical (unpaired) electrons. The molecule has 0 aliphatic carbocycles. The van der Waals surface area contributed by atoms with Gasteiger partial charge in [0.15, 0.2) is 0 Å². The second-order valence-electron chi connectivity index (χ2n) is 4.85. The first-order valence-corrected chi connectivity index (χ1v) is 6.73. The molecule has 19 heavy (non-hydrogen) atoms. The van der Waals surface area contributed by atoms with E-state index in [9.17, 15) is 5.11 Å². The van der Waals surface area contributed by atoms with Gasteiger partial charge in [0, 0.05) is 12.0 Å². The Balaban J connectivity index is 2.18. The lowest BCUT2D eigenvalue weighted by atomic mass is 9.97. The fourth-order valence-corrected chi connectivity index (χ4v) is 2.81. The summed E-state index contributed by atoms with van der Waals surface area (Å²) in [5.41, 5.74) is 4.30. The van der Waals surface area contributed by atoms with Gasteiger partial charge >= 0.3 is 0 Å². The number of ether oxygens (including phenoxy) is 1. The molecule has 0 saturated heterocycles. The minimum Gasteiger partial charge on any atom is -0.487 e. The summed E-state index contributed by atoms with van der Waals surface area (Å²) >= 11 is 6.36. The van der Waals surface area contributed by atoms with E-state index < -0.39 is 0 Å². The average Bonchev–Trinajstić information content (AvgIpc) is 2.83. The van der Waals surface area contributed by atoms with E-state index in [1.807, 2.05) is 30.3 Å². The van der Waals surface area contributed by atoms with Gasteiger partial charge < -0.3 is 9.84 Å². The first-order valence-electron chi connectivity index (χ1n) is 6.35. The van der Waals surface area contributed by atoms with E-state index in [0.717, 1.165) is 34.4 Å². The Hall–Kier alpha value is -1.51. The van der Waals surface area contributed by atoms with Gasteiger partial charge in [0.2, 0.25) is 0 Å². The smallest absolute Gasteiger partial charge is 0.132 e. The van der Waals surface area contributed by atoms with Crippen molar-refractivity contribution in [2.24, 2.45) is 0 Å². The molecule has 98 valence electrons. The fourth-order valence-electron chi connectivity index (χ4n) is 2.56. The molecule has 3 rings (SSSR count). The van der Waals surface area contributed by atoms with Gasteiger partial charge in [-0.05, 0) is 29.7 Å². The van der Waals surface area contributed by atoms with Crippen LogP contribution in [0.1, 0.15) is 11.1 Å². The number of aliphatic hydroxyl groups is 1. The van der Waals surface area contributed by atoms with Gasteiger partial charge in [-0.3, -0.25) is 0 Å². The van der Waals surface area contributed by atoms with Crippen LogP contribution >= 0.6 is 11.6 Å². The third-order valence-corrected chi connectivity index (χ3v) is 3.85. The van der Waals surface area contributed by atoms with E-state index in [2.05, 4.69) is 13.0 Å². The molecule has 2 nitrogen and oxygen atoms in total. The van der Waals surface area contributed by atoms with E-state index in [4.69, 9.17) is 16.3 Å². The first kappa shape index (κ1) is 12.5. The Morgan fingerprint density at radius 1 is 1.26 bits per heavy atom. The lowest BCUT2D eigenvalue weighted by Crippen LogP contribution is -2.17. The Morgan fingerprint density at radius 3 is 2.79 bits per heavy atom. The van der Waals surface area contributed by atoms with Crippen LogP contribution in [0.15, 0.2) is 36.4 Å². The summed E-state index contributed by atoms with van der Waals surface area (Å²) in [4.78, 5) is 0. The third-order valence-electron chi connectivity index (χ3n) is 3.54. The average molecular weight is 275 g/mol. The minimum absolute atomic E-state index is 0.0273. The highest BCUT2D eigenvalue weighted by Gasteiger charge is 2.27. The van der Waals surface area contributed by atoms with Gasteiger partial charge in [0.1, 0.15) is 11.9 Å². The van der Waals surface area contributed by atoms with Crippen LogP contribution in [0.5, 0.6) is 5.75 Å². The Morgan fingerprint density at radius 2 is 2.05 bits per heavy atom. The lowest BCUT2D eigenvalue weighted by molar-refractivity contribution is 0.135. The molecule has 0 amide bonds. The molecule has 1 aliphatic rings. The maximum atomic E-state index is 9.27. The van der Waals surface area contributed by atoms with Crippen molar-refractivity contribution in [3.63, 3.8) is 0 Å². The largest absolute Gasteiger partial charge is 0.487 e. The third kappa shape index (κ3) is 2.11. The monoisotopic (exact) mass is 274 g/mol. The molecule has 3 heteroatoms. The van der Waals surface area contributed by atoms with Crippen LogP contribution in [-0.2, 0) is 6.42 Å². The number of halogens is 1. The summed E-state index contributed by atoms with van der Waals surface area (Å²) in [5, 5.41) is 9.95. The van der Waals surface area contributed by atoms with Crippen LogP contribution in [0, 0.1) is 6.92 Å². The zero-order valence-electron chi connectivity index (χ0n) is 10.7. The number of aryl methyl sites for hydroxylation is 1. The van der Waals surface area contributed by atoms with E-state index in [1.165, 1.54) is 0 Å². The normalized spacial score (nSPS) is 17.1. The summed E-state index contributed by atoms with van der Waals surface area (Å²) in [6.45, 7) is 2.09. The molecule has 0 saturated carbocycles. The highest BCUT2D eigenvalue weighted by atomic mass is 35.5. The molecule has 2 aromatic rings. The summed E-state index contributed by atoms with van der Waals surface area (Å²) in [6.07, 6.45) is 0.582. The molecule has 0 fully saturated rings. The van der Waals surface area contributed by atoms with Crippen molar-refractivity contribution < 1.29 is 9.84 Å². The van der Waals surface area contributed by atoms with Gasteiger partial charge in [-0.25, -0.2) is 0 Å². The second kappa shape index (κ2) is 4.87. The minimum atomic E-state index is -0.156. The molecule has 1 heterocycles. The molecule has 0 spiro atoms. The molecule has 0 aromatic heterocycles. The number of aliphatic hydroxyl groups excluding tert-OH is 1. The van der Waals surface area contributed by atoms with Gasteiger partial charge in [-0.2, -0.15) is 0 Å². The van der Waals surface area contributed by atoms with Gasteiger partial charge in [0.25, 0.3) is 0 Å². The first-order chi connectivity index (χ1) is 9.20. The number of hydrogen-bond acceptors (Lipinski definition) is 2. The highest BCUT2D eigenvalue weighted by molar-refractivity contribution is 6.33. The maximum Gasteiger partial charge on any atom is 0.132 e. The van der Waals surface area contributed by atoms with Crippen molar-refractivity contribution in [2.75, 3.05) is 6.61 Å². The van der Waals surface area contributed by atoms with Crippen LogP contribution < -0.4 is 4.74 Å². The van der Waals surface area contributed by atoms with Gasteiger partial charge in [-0.15, -0.1) is 0 Å². The Labute approximate surface area is 117 Å². The molecule has 1 atom stereocenters. The zero-order chi connectivity index (χ0) is 13.4. The van der Waals surface area contributed by atoms with Crippen molar-refractivity contribution in [1.82, 2.24) is 0 Å². The topological polar surface area (TPSA) is 29.5 Å². The van der Waals surface area contributed by atoms with Crippen LogP contribution in [0.4, 0.5) is 0 Å². The van der Waals surface area contributed by atoms with Crippen molar-refractivity contribution >= 4 is 11.6 Å². The molecular weight excluding hydrogens is 260 g/mol. The zero-order valence-corrected chi connectivity index (χ0v) is 11.4. The van der Waals surface area contributed by atoms with Crippen LogP contribution in [0.3, 0.4) is 0 Å². The maximum absolute atomic E-state index is 9.27. The van der Waals surface area contributed by atoms with Crippen molar-refractivity contribution in [3.05, 3.63) is 52.5 Å². The fraction of sp³-hybridized carbons (Fsp3) is 0.250. The predicted octanol–water partition coefficient (Wildman–Crippen LogP) is 3.61. The quantitative estimate of drug-likeness (QED) is 0.906. The summed E-state index contributed by atoms with van der Waals surface area (Å²) in [6, 6.07) is 12.0. The number of benzene rings is 2. The molecule has 1 aliphatic heterocycles. The van der Waals surface area contributed by atoms with Crippen molar-refractivity contribution in [1.29, 1.82) is 0 Å². The molecule has 2 aromatic carbocycles. The summed E-state index contributed by atoms with van der Waals surface area (Å²) in [5.74, 6) is 0.820. The van der Waals surface area contributed by atoms with Crippen LogP contribution in [0.25, 0.3) is 11.1 Å². The Bertz CT molecular complexity index is 622. The standard InChI is InChI=1S/C16H15ClO2/c1-10-4-2-3-5-13(10)15-14(17)7-6-11-8-12(9-18)19-16(11)15/h2-7,12,18H,8-9H2,1H3/t12-/m1/s1. The highest BCUT2D eigenvalue weighted by Crippen LogP contribution is 2.44. The summed E-state index contributed by atoms with van der Waals surface area (Å²) < 4.78 is 5.84. The van der Waals surface area contributed by atoms with E-state index in [-0.39, 0.29) is 12.7 Å². The van der Waals surface area contributed by atoms with Crippen LogP contribution in [0.2, 0.25) is 5.02 Å². The SMILES string of the molecule is Cc1ccccc1-c1c(Cl)ccc2c1O[C@@H](CO)C2. The molecule has 1 N–H and O–H groups in total. The summed E-state index contributed by atoms with van der Waals surface area (Å²) in [7, 11) is 0. The molecular formula is C16H15ClO2. The molecule has 0 unspecified atom stereocenters. The van der Waals surface area contributed by atoms with E-state index in [0.29, 0.717) is 5.02 Å².